The van der Waals surface area contributed by atoms with E-state index in [1.54, 1.807) is 5.57 Å². The maximum atomic E-state index is 11.3. The van der Waals surface area contributed by atoms with Gasteiger partial charge in [-0.2, -0.15) is 0 Å². The van der Waals surface area contributed by atoms with Crippen LogP contribution in [0.5, 0.6) is 0 Å². The van der Waals surface area contributed by atoms with Gasteiger partial charge in [0, 0.05) is 16.8 Å². The Balaban J connectivity index is 0.000000508. The summed E-state index contributed by atoms with van der Waals surface area (Å²) in [6.45, 7) is 14.0. The van der Waals surface area contributed by atoms with Gasteiger partial charge in [-0.05, 0) is 93.1 Å². The number of hydrogen-bond acceptors (Lipinski definition) is 2. The zero-order valence-corrected chi connectivity index (χ0v) is 27.7. The lowest BCUT2D eigenvalue weighted by Gasteiger charge is -2.25. The van der Waals surface area contributed by atoms with Crippen molar-refractivity contribution in [3.05, 3.63) is 101 Å². The molecule has 2 nitrogen and oxygen atoms in total. The lowest BCUT2D eigenvalue weighted by atomic mass is 9.82. The Morgan fingerprint density at radius 3 is 2.37 bits per heavy atom. The topological polar surface area (TPSA) is 43.1 Å². The van der Waals surface area contributed by atoms with E-state index in [1.807, 2.05) is 51.1 Å². The van der Waals surface area contributed by atoms with Crippen LogP contribution in [0.25, 0.3) is 11.1 Å². The summed E-state index contributed by atoms with van der Waals surface area (Å²) in [6, 6.07) is 6.02. The van der Waals surface area contributed by atoms with Crippen molar-refractivity contribution in [3.8, 4) is 0 Å². The van der Waals surface area contributed by atoms with Crippen molar-refractivity contribution in [2.75, 3.05) is 11.9 Å². The molecule has 0 aliphatic heterocycles. The lowest BCUT2D eigenvalue weighted by molar-refractivity contribution is -0.103. The minimum absolute atomic E-state index is 0.661. The van der Waals surface area contributed by atoms with Crippen molar-refractivity contribution in [2.45, 2.75) is 98.8 Å². The van der Waals surface area contributed by atoms with Crippen LogP contribution in [-0.2, 0) is 4.79 Å². The second-order valence-corrected chi connectivity index (χ2v) is 10.9. The van der Waals surface area contributed by atoms with Gasteiger partial charge >= 0.3 is 0 Å². The van der Waals surface area contributed by atoms with Gasteiger partial charge in [0.05, 0.1) is 0 Å². The van der Waals surface area contributed by atoms with Gasteiger partial charge in [0.1, 0.15) is 6.29 Å². The molecule has 1 aromatic carbocycles. The predicted octanol–water partition coefficient (Wildman–Crippen LogP) is 11.2. The first-order chi connectivity index (χ1) is 20.0. The van der Waals surface area contributed by atoms with Gasteiger partial charge in [-0.15, -0.1) is 9.24 Å². The van der Waals surface area contributed by atoms with Crippen LogP contribution in [0.2, 0.25) is 0 Å². The molecule has 1 saturated carbocycles. The molecular formula is C38H56NOP. The molecule has 1 fully saturated rings. The minimum Gasteiger partial charge on any atom is -0.398 e. The van der Waals surface area contributed by atoms with Gasteiger partial charge < -0.3 is 5.73 Å². The van der Waals surface area contributed by atoms with E-state index in [-0.39, 0.29) is 0 Å². The Morgan fingerprint density at radius 1 is 1.12 bits per heavy atom. The van der Waals surface area contributed by atoms with Crippen LogP contribution in [0.3, 0.4) is 0 Å². The Kier molecular flexibility index (Phi) is 19.5. The number of allylic oxidation sites excluding steroid dienone is 13. The summed E-state index contributed by atoms with van der Waals surface area (Å²) >= 11 is 0. The van der Waals surface area contributed by atoms with Crippen LogP contribution in [-0.4, -0.2) is 12.4 Å². The minimum atomic E-state index is 0.661. The zero-order valence-electron chi connectivity index (χ0n) is 26.6. The average Bonchev–Trinajstić information content (AvgIpc) is 3.03. The maximum Gasteiger partial charge on any atom is 0.150 e. The number of carbonyl (C=O) groups is 1. The van der Waals surface area contributed by atoms with Crippen LogP contribution in [0, 0.1) is 5.92 Å². The number of unbranched alkanes of at least 4 members (excludes halogenated alkanes) is 2. The van der Waals surface area contributed by atoms with Gasteiger partial charge in [-0.1, -0.05) is 119 Å². The molecule has 1 atom stereocenters. The highest BCUT2D eigenvalue weighted by Gasteiger charge is 2.18. The van der Waals surface area contributed by atoms with E-state index in [9.17, 15) is 4.79 Å². The molecule has 0 spiro atoms. The van der Waals surface area contributed by atoms with Gasteiger partial charge in [0.25, 0.3) is 0 Å². The van der Waals surface area contributed by atoms with Gasteiger partial charge in [0.2, 0.25) is 0 Å². The number of aldehydes is 1. The van der Waals surface area contributed by atoms with E-state index in [2.05, 4.69) is 66.1 Å². The maximum absolute atomic E-state index is 11.3. The standard InChI is InChI=1S/C24H30NOP.C12H20.C2H6/c1-2-3-22(15-26)23-13-12-21(14-24(23)25)20-10-8-19(9-11-20)18-6-4-17(16-27)5-7-18;1-4-7-9-11-12(6-3)10-8-5-2;1-2/h3,8,10-15,17H,2,4-7,9,16,25,27H2,1H3;5-6,8,10H,2,4,7,9,11H2,1,3H3;1-2H3/b19-18?,22-3-;10-8-,12-6+;. The third-order valence-corrected chi connectivity index (χ3v) is 8.30. The normalized spacial score (nSPS) is 17.3. The highest BCUT2D eigenvalue weighted by Crippen LogP contribution is 2.35. The summed E-state index contributed by atoms with van der Waals surface area (Å²) in [7, 11) is 2.89. The smallest absolute Gasteiger partial charge is 0.150 e. The van der Waals surface area contributed by atoms with Gasteiger partial charge in [-0.25, -0.2) is 0 Å². The summed E-state index contributed by atoms with van der Waals surface area (Å²) in [5.74, 6) is 0.887. The first-order valence-electron chi connectivity index (χ1n) is 15.8. The molecule has 3 heteroatoms. The van der Waals surface area contributed by atoms with Crippen molar-refractivity contribution in [1.29, 1.82) is 0 Å². The number of nitrogen functional groups attached to an aromatic ring is 1. The van der Waals surface area contributed by atoms with E-state index < -0.39 is 0 Å². The fraction of sp³-hybridized carbons (Fsp3) is 0.447. The highest BCUT2D eigenvalue weighted by atomic mass is 31.0. The number of anilines is 1. The molecule has 1 unspecified atom stereocenters. The molecule has 224 valence electrons. The SMILES string of the molecule is C=C/C=C\C(=C/C)CCCCC.CC.CC/C=C(/C=O)c1ccc(C2=CCC(=C3CCC(CP)CC3)C=C2)cc1N. The van der Waals surface area contributed by atoms with Crippen LogP contribution in [0.15, 0.2) is 90.1 Å². The number of hydrogen-bond donors (Lipinski definition) is 1. The third kappa shape index (κ3) is 12.8. The van der Waals surface area contributed by atoms with Crippen molar-refractivity contribution in [1.82, 2.24) is 0 Å². The Bertz CT molecular complexity index is 1120. The van der Waals surface area contributed by atoms with Crippen LogP contribution in [0.1, 0.15) is 110 Å². The molecule has 0 saturated heterocycles. The van der Waals surface area contributed by atoms with Crippen LogP contribution >= 0.6 is 9.24 Å². The molecule has 2 aliphatic rings. The molecule has 0 amide bonds. The monoisotopic (exact) mass is 573 g/mol. The Hall–Kier alpha value is -2.70. The van der Waals surface area contributed by atoms with E-state index in [0.717, 1.165) is 36.2 Å². The Labute approximate surface area is 254 Å². The zero-order chi connectivity index (χ0) is 30.5. The molecule has 0 radical (unpaired) electrons. The van der Waals surface area contributed by atoms with E-state index in [4.69, 9.17) is 5.73 Å². The largest absolute Gasteiger partial charge is 0.398 e. The third-order valence-electron chi connectivity index (χ3n) is 7.64. The van der Waals surface area contributed by atoms with Crippen LogP contribution < -0.4 is 5.73 Å². The van der Waals surface area contributed by atoms with Gasteiger partial charge in [-0.3, -0.25) is 4.79 Å². The Morgan fingerprint density at radius 2 is 1.85 bits per heavy atom. The first kappa shape index (κ1) is 36.3. The predicted molar refractivity (Wildman–Crippen MR) is 189 cm³/mol. The second kappa shape index (κ2) is 22.0. The van der Waals surface area contributed by atoms with E-state index in [1.165, 1.54) is 74.2 Å². The number of rotatable bonds is 11. The highest BCUT2D eigenvalue weighted by molar-refractivity contribution is 7.16. The van der Waals surface area contributed by atoms with Crippen molar-refractivity contribution < 1.29 is 4.79 Å². The number of carbonyl (C=O) groups excluding carboxylic acids is 1. The molecule has 3 rings (SSSR count). The molecule has 1 aromatic rings. The van der Waals surface area contributed by atoms with E-state index >= 15 is 0 Å². The molecule has 0 heterocycles. The molecule has 0 aromatic heterocycles. The van der Waals surface area contributed by atoms with Crippen molar-refractivity contribution in [3.63, 3.8) is 0 Å². The molecule has 2 N–H and O–H groups in total. The van der Waals surface area contributed by atoms with Crippen molar-refractivity contribution in [2.24, 2.45) is 5.92 Å². The quantitative estimate of drug-likeness (QED) is 0.0714. The fourth-order valence-corrected chi connectivity index (χ4v) is 5.62. The molecule has 0 bridgehead atoms. The van der Waals surface area contributed by atoms with Crippen LogP contribution in [0.4, 0.5) is 5.69 Å². The summed E-state index contributed by atoms with van der Waals surface area (Å²) < 4.78 is 0. The average molecular weight is 574 g/mol. The summed E-state index contributed by atoms with van der Waals surface area (Å²) in [5.41, 5.74) is 15.3. The molecule has 41 heavy (non-hydrogen) atoms. The number of benzene rings is 1. The lowest BCUT2D eigenvalue weighted by Crippen LogP contribution is -2.10. The van der Waals surface area contributed by atoms with Gasteiger partial charge in [0.15, 0.2) is 0 Å². The summed E-state index contributed by atoms with van der Waals surface area (Å²) in [6.07, 6.45) is 31.1. The number of nitrogens with two attached hydrogens (primary N) is 1. The van der Waals surface area contributed by atoms with Crippen molar-refractivity contribution >= 4 is 32.4 Å². The molecule has 2 aliphatic carbocycles. The summed E-state index contributed by atoms with van der Waals surface area (Å²) in [5, 5.41) is 0. The first-order valence-corrected chi connectivity index (χ1v) is 16.6. The van der Waals surface area contributed by atoms with E-state index in [0.29, 0.717) is 11.3 Å². The summed E-state index contributed by atoms with van der Waals surface area (Å²) in [4.78, 5) is 11.3. The fourth-order valence-electron chi connectivity index (χ4n) is 5.15. The molecular weight excluding hydrogens is 517 g/mol. The second-order valence-electron chi connectivity index (χ2n) is 10.4.